The highest BCUT2D eigenvalue weighted by atomic mass is 16.5. The number of hydrogen-bond acceptors (Lipinski definition) is 7. The number of methoxy groups -OCH3 is 1. The Morgan fingerprint density at radius 3 is 2.79 bits per heavy atom. The van der Waals surface area contributed by atoms with E-state index in [0.717, 1.165) is 37.9 Å². The van der Waals surface area contributed by atoms with Crippen molar-refractivity contribution in [2.45, 2.75) is 37.6 Å². The number of carbonyl (C=O) groups is 2. The highest BCUT2D eigenvalue weighted by Crippen LogP contribution is 2.39. The van der Waals surface area contributed by atoms with Crippen LogP contribution in [0.1, 0.15) is 58.3 Å². The minimum atomic E-state index is -0.576. The van der Waals surface area contributed by atoms with Crippen molar-refractivity contribution in [2.75, 3.05) is 25.5 Å². The van der Waals surface area contributed by atoms with E-state index < -0.39 is 5.97 Å². The molecule has 1 saturated carbocycles. The van der Waals surface area contributed by atoms with Crippen LogP contribution in [0.5, 0.6) is 0 Å². The summed E-state index contributed by atoms with van der Waals surface area (Å²) in [5.74, 6) is 0.544. The molecule has 0 spiro atoms. The number of esters is 1. The van der Waals surface area contributed by atoms with Crippen LogP contribution in [0.3, 0.4) is 0 Å². The van der Waals surface area contributed by atoms with Gasteiger partial charge < -0.3 is 15.0 Å². The first-order valence-corrected chi connectivity index (χ1v) is 9.57. The fourth-order valence-electron chi connectivity index (χ4n) is 3.48. The Labute approximate surface area is 163 Å². The SMILES string of the molecule is COC(=O)c1nccc(N[C@@H]2CCCN(C(=O)c3ccnc(C4CC4)c3)C2)n1. The Hall–Kier alpha value is -3.03. The Morgan fingerprint density at radius 2 is 2.00 bits per heavy atom. The van der Waals surface area contributed by atoms with E-state index in [9.17, 15) is 9.59 Å². The number of carbonyl (C=O) groups excluding carboxylic acids is 2. The third-order valence-corrected chi connectivity index (χ3v) is 5.11. The summed E-state index contributed by atoms with van der Waals surface area (Å²) in [6.45, 7) is 1.31. The monoisotopic (exact) mass is 381 g/mol. The number of nitrogens with one attached hydrogen (secondary N) is 1. The molecule has 4 rings (SSSR count). The first-order chi connectivity index (χ1) is 13.6. The van der Waals surface area contributed by atoms with Crippen LogP contribution in [0, 0.1) is 0 Å². The molecule has 1 amide bonds. The van der Waals surface area contributed by atoms with E-state index in [2.05, 4.69) is 25.0 Å². The summed E-state index contributed by atoms with van der Waals surface area (Å²) in [7, 11) is 1.30. The number of aromatic nitrogens is 3. The standard InChI is InChI=1S/C20H23N5O3/c1-28-20(27)18-22-9-7-17(24-18)23-15-3-2-10-25(12-15)19(26)14-6-8-21-16(11-14)13-4-5-13/h6-9,11,13,15H,2-5,10,12H2,1H3,(H,22,23,24)/t15-/m1/s1. The molecule has 2 aliphatic rings. The molecule has 1 aliphatic carbocycles. The minimum Gasteiger partial charge on any atom is -0.463 e. The number of hydrogen-bond donors (Lipinski definition) is 1. The fraction of sp³-hybridized carbons (Fsp3) is 0.450. The predicted molar refractivity (Wildman–Crippen MR) is 102 cm³/mol. The van der Waals surface area contributed by atoms with E-state index in [-0.39, 0.29) is 17.8 Å². The van der Waals surface area contributed by atoms with Crippen LogP contribution < -0.4 is 5.32 Å². The van der Waals surface area contributed by atoms with Crippen LogP contribution in [0.2, 0.25) is 0 Å². The molecule has 3 heterocycles. The maximum atomic E-state index is 13.0. The summed E-state index contributed by atoms with van der Waals surface area (Å²) >= 11 is 0. The van der Waals surface area contributed by atoms with E-state index in [1.165, 1.54) is 13.3 Å². The molecule has 8 nitrogen and oxygen atoms in total. The summed E-state index contributed by atoms with van der Waals surface area (Å²) in [6, 6.07) is 5.49. The predicted octanol–water partition coefficient (Wildman–Crippen LogP) is 2.25. The van der Waals surface area contributed by atoms with Gasteiger partial charge in [0.05, 0.1) is 7.11 Å². The largest absolute Gasteiger partial charge is 0.463 e. The first kappa shape index (κ1) is 18.3. The van der Waals surface area contributed by atoms with Gasteiger partial charge in [-0.25, -0.2) is 14.8 Å². The summed E-state index contributed by atoms with van der Waals surface area (Å²) in [6.07, 6.45) is 7.39. The molecule has 1 saturated heterocycles. The van der Waals surface area contributed by atoms with Crippen molar-refractivity contribution in [1.82, 2.24) is 19.9 Å². The molecule has 2 aromatic rings. The average molecular weight is 381 g/mol. The van der Waals surface area contributed by atoms with Crippen molar-refractivity contribution >= 4 is 17.7 Å². The second kappa shape index (κ2) is 7.92. The summed E-state index contributed by atoms with van der Waals surface area (Å²) < 4.78 is 4.66. The van der Waals surface area contributed by atoms with E-state index in [0.29, 0.717) is 23.8 Å². The molecule has 1 N–H and O–H groups in total. The molecule has 2 aromatic heterocycles. The van der Waals surface area contributed by atoms with Crippen molar-refractivity contribution < 1.29 is 14.3 Å². The highest BCUT2D eigenvalue weighted by Gasteiger charge is 2.28. The summed E-state index contributed by atoms with van der Waals surface area (Å²) in [5, 5.41) is 3.31. The molecule has 146 valence electrons. The Kier molecular flexibility index (Phi) is 5.18. The van der Waals surface area contributed by atoms with Crippen molar-refractivity contribution in [3.05, 3.63) is 47.7 Å². The van der Waals surface area contributed by atoms with Gasteiger partial charge in [0.25, 0.3) is 5.91 Å². The van der Waals surface area contributed by atoms with E-state index in [4.69, 9.17) is 0 Å². The minimum absolute atomic E-state index is 0.0145. The topological polar surface area (TPSA) is 97.3 Å². The van der Waals surface area contributed by atoms with Crippen LogP contribution in [0.25, 0.3) is 0 Å². The zero-order chi connectivity index (χ0) is 19.5. The molecule has 0 bridgehead atoms. The lowest BCUT2D eigenvalue weighted by atomic mass is 10.0. The van der Waals surface area contributed by atoms with Crippen LogP contribution in [-0.4, -0.2) is 58.0 Å². The second-order valence-electron chi connectivity index (χ2n) is 7.24. The lowest BCUT2D eigenvalue weighted by Crippen LogP contribution is -2.45. The molecular weight excluding hydrogens is 358 g/mol. The van der Waals surface area contributed by atoms with Gasteiger partial charge in [-0.2, -0.15) is 0 Å². The van der Waals surface area contributed by atoms with E-state index in [1.54, 1.807) is 18.3 Å². The quantitative estimate of drug-likeness (QED) is 0.793. The zero-order valence-corrected chi connectivity index (χ0v) is 15.8. The highest BCUT2D eigenvalue weighted by molar-refractivity contribution is 5.94. The van der Waals surface area contributed by atoms with Gasteiger partial charge >= 0.3 is 5.97 Å². The lowest BCUT2D eigenvalue weighted by molar-refractivity contribution is 0.0586. The maximum Gasteiger partial charge on any atom is 0.376 e. The van der Waals surface area contributed by atoms with Gasteiger partial charge in [-0.15, -0.1) is 0 Å². The number of nitrogens with zero attached hydrogens (tertiary/aromatic N) is 4. The Balaban J connectivity index is 1.42. The molecule has 28 heavy (non-hydrogen) atoms. The number of amides is 1. The molecule has 1 atom stereocenters. The fourth-order valence-corrected chi connectivity index (χ4v) is 3.48. The second-order valence-corrected chi connectivity index (χ2v) is 7.24. The average Bonchev–Trinajstić information content (AvgIpc) is 3.58. The molecule has 1 aliphatic heterocycles. The van der Waals surface area contributed by atoms with Crippen molar-refractivity contribution in [3.8, 4) is 0 Å². The normalized spacial score (nSPS) is 19.2. The molecular formula is C20H23N5O3. The molecule has 0 radical (unpaired) electrons. The number of pyridine rings is 1. The van der Waals surface area contributed by atoms with Crippen LogP contribution in [0.15, 0.2) is 30.6 Å². The van der Waals surface area contributed by atoms with Crippen molar-refractivity contribution in [3.63, 3.8) is 0 Å². The van der Waals surface area contributed by atoms with E-state index >= 15 is 0 Å². The smallest absolute Gasteiger partial charge is 0.376 e. The molecule has 8 heteroatoms. The maximum absolute atomic E-state index is 13.0. The Bertz CT molecular complexity index is 884. The van der Waals surface area contributed by atoms with Crippen molar-refractivity contribution in [1.29, 1.82) is 0 Å². The summed E-state index contributed by atoms with van der Waals surface area (Å²) in [5.41, 5.74) is 1.72. The number of rotatable bonds is 5. The lowest BCUT2D eigenvalue weighted by Gasteiger charge is -2.33. The third kappa shape index (κ3) is 4.11. The number of piperidine rings is 1. The van der Waals surface area contributed by atoms with Gasteiger partial charge in [-0.05, 0) is 43.9 Å². The third-order valence-electron chi connectivity index (χ3n) is 5.11. The van der Waals surface area contributed by atoms with Gasteiger partial charge in [-0.1, -0.05) is 0 Å². The van der Waals surface area contributed by atoms with Crippen LogP contribution in [-0.2, 0) is 4.74 Å². The zero-order valence-electron chi connectivity index (χ0n) is 15.8. The van der Waals surface area contributed by atoms with Crippen LogP contribution in [0.4, 0.5) is 5.82 Å². The molecule has 2 fully saturated rings. The molecule has 0 aromatic carbocycles. The van der Waals surface area contributed by atoms with Gasteiger partial charge in [0.1, 0.15) is 5.82 Å². The van der Waals surface area contributed by atoms with Gasteiger partial charge in [0, 0.05) is 48.7 Å². The molecule has 0 unspecified atom stereocenters. The number of anilines is 1. The number of likely N-dealkylation sites (tertiary alicyclic amines) is 1. The van der Waals surface area contributed by atoms with Gasteiger partial charge in [0.15, 0.2) is 0 Å². The van der Waals surface area contributed by atoms with Crippen LogP contribution >= 0.6 is 0 Å². The van der Waals surface area contributed by atoms with Gasteiger partial charge in [-0.3, -0.25) is 9.78 Å². The van der Waals surface area contributed by atoms with Crippen molar-refractivity contribution in [2.24, 2.45) is 0 Å². The number of ether oxygens (including phenoxy) is 1. The van der Waals surface area contributed by atoms with Gasteiger partial charge in [0.2, 0.25) is 5.82 Å². The van der Waals surface area contributed by atoms with E-state index in [1.807, 2.05) is 11.0 Å². The first-order valence-electron chi connectivity index (χ1n) is 9.57. The Morgan fingerprint density at radius 1 is 1.18 bits per heavy atom. The summed E-state index contributed by atoms with van der Waals surface area (Å²) in [4.78, 5) is 38.9.